The van der Waals surface area contributed by atoms with Crippen molar-refractivity contribution < 1.29 is 9.18 Å². The molecule has 2 rings (SSSR count). The van der Waals surface area contributed by atoms with Crippen LogP contribution in [0.4, 0.5) is 21.5 Å². The van der Waals surface area contributed by atoms with Gasteiger partial charge in [0.2, 0.25) is 0 Å². The summed E-state index contributed by atoms with van der Waals surface area (Å²) in [6.07, 6.45) is 2.10. The summed E-state index contributed by atoms with van der Waals surface area (Å²) in [7, 11) is 3.58. The number of aryl methyl sites for hydroxylation is 1. The fourth-order valence-electron chi connectivity index (χ4n) is 1.98. The highest BCUT2D eigenvalue weighted by Crippen LogP contribution is 2.32. The van der Waals surface area contributed by atoms with E-state index in [-0.39, 0.29) is 16.9 Å². The van der Waals surface area contributed by atoms with Crippen LogP contribution < -0.4 is 5.32 Å². The topological polar surface area (TPSA) is 44.7 Å². The zero-order valence-electron chi connectivity index (χ0n) is 13.1. The van der Waals surface area contributed by atoms with Gasteiger partial charge in [0, 0.05) is 30.4 Å². The molecule has 0 heterocycles. The van der Waals surface area contributed by atoms with Gasteiger partial charge in [0.25, 0.3) is 0 Å². The lowest BCUT2D eigenvalue weighted by Crippen LogP contribution is -2.07. The molecule has 0 saturated heterocycles. The van der Waals surface area contributed by atoms with Crippen molar-refractivity contribution in [2.45, 2.75) is 6.92 Å². The number of nitrogens with zero attached hydrogens (tertiary/aromatic N) is 2. The van der Waals surface area contributed by atoms with E-state index >= 15 is 0 Å². The highest BCUT2D eigenvalue weighted by Gasteiger charge is 2.14. The fraction of sp³-hybridized carbons (Fsp3) is 0.176. The van der Waals surface area contributed by atoms with Gasteiger partial charge in [0.05, 0.1) is 12.0 Å². The van der Waals surface area contributed by atoms with Crippen LogP contribution >= 0.6 is 11.6 Å². The number of carbonyl (C=O) groups is 1. The molecule has 1 N–H and O–H groups in total. The molecule has 0 atom stereocenters. The molecule has 120 valence electrons. The number of nitrogens with one attached hydrogen (secondary N) is 1. The van der Waals surface area contributed by atoms with Gasteiger partial charge in [-0.15, -0.1) is 0 Å². The van der Waals surface area contributed by atoms with Crippen LogP contribution in [0, 0.1) is 12.7 Å². The van der Waals surface area contributed by atoms with Crippen molar-refractivity contribution in [3.8, 4) is 0 Å². The minimum atomic E-state index is -0.581. The summed E-state index contributed by atoms with van der Waals surface area (Å²) >= 11 is 5.92. The lowest BCUT2D eigenvalue weighted by atomic mass is 10.1. The Morgan fingerprint density at radius 3 is 2.61 bits per heavy atom. The fourth-order valence-corrected chi connectivity index (χ4v) is 2.21. The van der Waals surface area contributed by atoms with Crippen LogP contribution in [0.2, 0.25) is 5.02 Å². The Morgan fingerprint density at radius 2 is 2.00 bits per heavy atom. The summed E-state index contributed by atoms with van der Waals surface area (Å²) in [5.74, 6) is -0.581. The summed E-state index contributed by atoms with van der Waals surface area (Å²) in [5, 5.41) is 3.55. The summed E-state index contributed by atoms with van der Waals surface area (Å²) in [4.78, 5) is 17.0. The third-order valence-corrected chi connectivity index (χ3v) is 3.39. The van der Waals surface area contributed by atoms with E-state index in [1.54, 1.807) is 37.2 Å². The molecule has 0 unspecified atom stereocenters. The Hall–Kier alpha value is -2.40. The van der Waals surface area contributed by atoms with E-state index in [9.17, 15) is 9.18 Å². The van der Waals surface area contributed by atoms with Crippen molar-refractivity contribution in [3.63, 3.8) is 0 Å². The lowest BCUT2D eigenvalue weighted by molar-refractivity contribution is 0.112. The molecule has 0 aliphatic heterocycles. The summed E-state index contributed by atoms with van der Waals surface area (Å²) in [6.45, 7) is 1.85. The van der Waals surface area contributed by atoms with Gasteiger partial charge in [-0.2, -0.15) is 0 Å². The van der Waals surface area contributed by atoms with Crippen LogP contribution in [0.5, 0.6) is 0 Å². The Balaban J connectivity index is 2.47. The molecule has 0 radical (unpaired) electrons. The van der Waals surface area contributed by atoms with Crippen LogP contribution in [0.15, 0.2) is 35.3 Å². The molecule has 0 aromatic heterocycles. The number of hydrogen-bond donors (Lipinski definition) is 1. The minimum Gasteiger partial charge on any atom is -0.369 e. The van der Waals surface area contributed by atoms with E-state index in [2.05, 4.69) is 10.3 Å². The predicted molar refractivity (Wildman–Crippen MR) is 93.1 cm³/mol. The molecule has 0 bridgehead atoms. The number of carbonyl (C=O) groups excluding carboxylic acids is 1. The number of hydrogen-bond acceptors (Lipinski definition) is 3. The van der Waals surface area contributed by atoms with Gasteiger partial charge < -0.3 is 10.2 Å². The Kier molecular flexibility index (Phi) is 5.34. The van der Waals surface area contributed by atoms with Crippen LogP contribution in [-0.2, 0) is 0 Å². The van der Waals surface area contributed by atoms with Crippen molar-refractivity contribution >= 4 is 41.3 Å². The molecule has 0 spiro atoms. The maximum absolute atomic E-state index is 14.7. The highest BCUT2D eigenvalue weighted by molar-refractivity contribution is 6.30. The molecule has 6 heteroatoms. The standard InChI is InChI=1S/C17H17ClFN3O/c1-11-8-13(18)5-7-14(11)21-17-12(9-23)4-6-15(16(17)19)20-10-22(2)3/h4-10,21H,1-3H3. The lowest BCUT2D eigenvalue weighted by Gasteiger charge is -2.14. The maximum Gasteiger partial charge on any atom is 0.172 e. The van der Waals surface area contributed by atoms with Crippen molar-refractivity contribution in [2.24, 2.45) is 4.99 Å². The summed E-state index contributed by atoms with van der Waals surface area (Å²) in [6, 6.07) is 8.20. The maximum atomic E-state index is 14.7. The van der Waals surface area contributed by atoms with Crippen molar-refractivity contribution in [1.29, 1.82) is 0 Å². The Morgan fingerprint density at radius 1 is 1.26 bits per heavy atom. The number of aliphatic imine (C=N–C) groups is 1. The first kappa shape index (κ1) is 17.0. The van der Waals surface area contributed by atoms with Gasteiger partial charge in [0.15, 0.2) is 12.1 Å². The SMILES string of the molecule is Cc1cc(Cl)ccc1Nc1c(C=O)ccc(N=CN(C)C)c1F. The number of rotatable bonds is 5. The monoisotopic (exact) mass is 333 g/mol. The minimum absolute atomic E-state index is 0.0961. The molecule has 0 amide bonds. The van der Waals surface area contributed by atoms with Gasteiger partial charge in [-0.05, 0) is 42.8 Å². The normalized spacial score (nSPS) is 10.8. The molecule has 2 aromatic carbocycles. The van der Waals surface area contributed by atoms with E-state index in [0.717, 1.165) is 5.56 Å². The second-order valence-electron chi connectivity index (χ2n) is 5.27. The number of aldehydes is 1. The summed E-state index contributed by atoms with van der Waals surface area (Å²) in [5.41, 5.74) is 1.99. The zero-order chi connectivity index (χ0) is 17.0. The smallest absolute Gasteiger partial charge is 0.172 e. The number of anilines is 2. The molecule has 0 aliphatic carbocycles. The summed E-state index contributed by atoms with van der Waals surface area (Å²) < 4.78 is 14.7. The van der Waals surface area contributed by atoms with Gasteiger partial charge in [-0.25, -0.2) is 9.38 Å². The van der Waals surface area contributed by atoms with Crippen molar-refractivity contribution in [3.05, 3.63) is 52.3 Å². The number of benzene rings is 2. The van der Waals surface area contributed by atoms with Gasteiger partial charge in [-0.1, -0.05) is 11.6 Å². The number of halogens is 2. The molecular formula is C17H17ClFN3O. The van der Waals surface area contributed by atoms with E-state index in [0.29, 0.717) is 17.0 Å². The van der Waals surface area contributed by atoms with Crippen LogP contribution in [0.25, 0.3) is 0 Å². The molecule has 2 aromatic rings. The average molecular weight is 334 g/mol. The second-order valence-corrected chi connectivity index (χ2v) is 5.71. The average Bonchev–Trinajstić information content (AvgIpc) is 2.50. The van der Waals surface area contributed by atoms with Crippen molar-refractivity contribution in [2.75, 3.05) is 19.4 Å². The van der Waals surface area contributed by atoms with Gasteiger partial charge >= 0.3 is 0 Å². The van der Waals surface area contributed by atoms with Gasteiger partial charge in [0.1, 0.15) is 5.69 Å². The molecule has 0 saturated carbocycles. The first-order valence-corrected chi connectivity index (χ1v) is 7.31. The quantitative estimate of drug-likeness (QED) is 0.495. The van der Waals surface area contributed by atoms with E-state index in [4.69, 9.17) is 11.6 Å². The van der Waals surface area contributed by atoms with E-state index in [1.165, 1.54) is 18.5 Å². The van der Waals surface area contributed by atoms with Crippen molar-refractivity contribution in [1.82, 2.24) is 4.90 Å². The second kappa shape index (κ2) is 7.24. The molecule has 0 aliphatic rings. The third-order valence-electron chi connectivity index (χ3n) is 3.16. The molecular weight excluding hydrogens is 317 g/mol. The largest absolute Gasteiger partial charge is 0.369 e. The highest BCUT2D eigenvalue weighted by atomic mass is 35.5. The van der Waals surface area contributed by atoms with E-state index in [1.807, 2.05) is 6.92 Å². The molecule has 4 nitrogen and oxygen atoms in total. The first-order chi connectivity index (χ1) is 10.9. The molecule has 23 heavy (non-hydrogen) atoms. The third kappa shape index (κ3) is 4.07. The van der Waals surface area contributed by atoms with Crippen LogP contribution in [0.1, 0.15) is 15.9 Å². The van der Waals surface area contributed by atoms with Crippen LogP contribution in [0.3, 0.4) is 0 Å². The molecule has 0 fully saturated rings. The first-order valence-electron chi connectivity index (χ1n) is 6.94. The Bertz CT molecular complexity index is 760. The van der Waals surface area contributed by atoms with Gasteiger partial charge in [-0.3, -0.25) is 4.79 Å². The van der Waals surface area contributed by atoms with E-state index < -0.39 is 5.82 Å². The van der Waals surface area contributed by atoms with Crippen LogP contribution in [-0.4, -0.2) is 31.6 Å². The Labute approximate surface area is 139 Å². The zero-order valence-corrected chi connectivity index (χ0v) is 13.9. The predicted octanol–water partition coefficient (Wildman–Crippen LogP) is 4.57.